The minimum absolute atomic E-state index is 0.940. The van der Waals surface area contributed by atoms with Crippen molar-refractivity contribution in [1.82, 2.24) is 4.98 Å². The smallest absolute Gasteiger partial charge is 0.0379 e. The van der Waals surface area contributed by atoms with Gasteiger partial charge in [-0.05, 0) is 23.4 Å². The lowest BCUT2D eigenvalue weighted by Crippen LogP contribution is -2.23. The number of nitrogens with zero attached hydrogens (tertiary/aromatic N) is 1. The van der Waals surface area contributed by atoms with Gasteiger partial charge in [0, 0.05) is 11.9 Å². The highest BCUT2D eigenvalue weighted by Crippen LogP contribution is 1.78. The third-order valence-electron chi connectivity index (χ3n) is 1.46. The largest absolute Gasteiger partial charge is 0.261 e. The quantitative estimate of drug-likeness (QED) is 0.568. The topological polar surface area (TPSA) is 12.9 Å². The van der Waals surface area contributed by atoms with Gasteiger partial charge in [0.25, 0.3) is 0 Å². The maximum Gasteiger partial charge on any atom is 0.0379 e. The Morgan fingerprint density at radius 3 is 2.91 bits per heavy atom. The second-order valence-electron chi connectivity index (χ2n) is 2.43. The number of aromatic nitrogens is 1. The molecule has 11 heavy (non-hydrogen) atoms. The van der Waals surface area contributed by atoms with Crippen LogP contribution in [0.1, 0.15) is 5.69 Å². The van der Waals surface area contributed by atoms with Gasteiger partial charge in [-0.2, -0.15) is 0 Å². The van der Waals surface area contributed by atoms with Crippen LogP contribution in [0.5, 0.6) is 0 Å². The molecule has 1 aromatic rings. The molecule has 0 aliphatic heterocycles. The van der Waals surface area contributed by atoms with Crippen LogP contribution in [0, 0.1) is 6.92 Å². The molecule has 1 heterocycles. The maximum atomic E-state index is 4.10. The Kier molecular flexibility index (Phi) is 2.21. The average molecular weight is 145 g/mol. The lowest BCUT2D eigenvalue weighted by Gasteiger charge is -1.89. The highest BCUT2D eigenvalue weighted by Gasteiger charge is 1.83. The molecule has 1 aromatic heterocycles. The van der Waals surface area contributed by atoms with Gasteiger partial charge >= 0.3 is 0 Å². The molecule has 0 bridgehead atoms. The molecule has 0 atom stereocenters. The highest BCUT2D eigenvalue weighted by atomic mass is 14.6. The number of hydrogen-bond donors (Lipinski definition) is 0. The van der Waals surface area contributed by atoms with E-state index in [2.05, 4.69) is 18.1 Å². The Morgan fingerprint density at radius 2 is 2.27 bits per heavy atom. The van der Waals surface area contributed by atoms with Crippen LogP contribution < -0.4 is 10.4 Å². The van der Waals surface area contributed by atoms with Crippen molar-refractivity contribution in [3.63, 3.8) is 0 Å². The van der Waals surface area contributed by atoms with Gasteiger partial charge in [0.15, 0.2) is 0 Å². The highest BCUT2D eigenvalue weighted by molar-refractivity contribution is 5.36. The van der Waals surface area contributed by atoms with Gasteiger partial charge in [-0.3, -0.25) is 4.98 Å². The molecule has 1 nitrogen and oxygen atoms in total. The lowest BCUT2D eigenvalue weighted by atomic mass is 10.2. The van der Waals surface area contributed by atoms with Gasteiger partial charge < -0.3 is 0 Å². The fourth-order valence-electron chi connectivity index (χ4n) is 0.891. The summed E-state index contributed by atoms with van der Waals surface area (Å²) in [5.41, 5.74) is 1.01. The van der Waals surface area contributed by atoms with E-state index in [4.69, 9.17) is 0 Å². The van der Waals surface area contributed by atoms with Crippen LogP contribution >= 0.6 is 0 Å². The van der Waals surface area contributed by atoms with E-state index >= 15 is 0 Å². The Balaban J connectivity index is 3.47. The van der Waals surface area contributed by atoms with Crippen LogP contribution in [0.3, 0.4) is 0 Å². The summed E-state index contributed by atoms with van der Waals surface area (Å²) >= 11 is 0. The zero-order valence-corrected chi connectivity index (χ0v) is 6.67. The molecule has 0 spiro atoms. The predicted octanol–water partition coefficient (Wildman–Crippen LogP) is 0.767. The summed E-state index contributed by atoms with van der Waals surface area (Å²) < 4.78 is 0. The van der Waals surface area contributed by atoms with Crippen LogP contribution in [0.4, 0.5) is 0 Å². The summed E-state index contributed by atoms with van der Waals surface area (Å²) in [6, 6.07) is 1.99. The van der Waals surface area contributed by atoms with Crippen LogP contribution in [-0.2, 0) is 0 Å². The summed E-state index contributed by atoms with van der Waals surface area (Å²) in [6.45, 7) is 9.42. The van der Waals surface area contributed by atoms with E-state index in [0.717, 1.165) is 16.1 Å². The monoisotopic (exact) mass is 145 g/mol. The molecule has 0 amide bonds. The van der Waals surface area contributed by atoms with Crippen molar-refractivity contribution >= 4 is 12.7 Å². The third-order valence-corrected chi connectivity index (χ3v) is 1.46. The molecule has 0 saturated heterocycles. The standard InChI is InChI=1S/C10H11N/c1-4-5-10-6-9(3)11-7-8(10)2/h4-7H,1-2H2,3H3/b10-5-. The van der Waals surface area contributed by atoms with Crippen LogP contribution in [0.2, 0.25) is 0 Å². The predicted molar refractivity (Wildman–Crippen MR) is 48.4 cm³/mol. The van der Waals surface area contributed by atoms with Gasteiger partial charge in [-0.15, -0.1) is 0 Å². The van der Waals surface area contributed by atoms with Gasteiger partial charge in [0.05, 0.1) is 0 Å². The average Bonchev–Trinajstić information content (AvgIpc) is 1.98. The summed E-state index contributed by atoms with van der Waals surface area (Å²) in [5.74, 6) is 0. The number of hydrogen-bond acceptors (Lipinski definition) is 1. The first-order chi connectivity index (χ1) is 5.24. The molecule has 0 unspecified atom stereocenters. The van der Waals surface area contributed by atoms with Crippen molar-refractivity contribution in [2.24, 2.45) is 0 Å². The lowest BCUT2D eigenvalue weighted by molar-refractivity contribution is 1.17. The molecule has 0 radical (unpaired) electrons. The van der Waals surface area contributed by atoms with Gasteiger partial charge in [-0.25, -0.2) is 0 Å². The molecule has 56 valence electrons. The minimum atomic E-state index is 0.940. The number of aryl methyl sites for hydroxylation is 1. The van der Waals surface area contributed by atoms with E-state index in [-0.39, 0.29) is 0 Å². The van der Waals surface area contributed by atoms with E-state index in [9.17, 15) is 0 Å². The Labute approximate surface area is 66.4 Å². The van der Waals surface area contributed by atoms with Crippen molar-refractivity contribution in [3.8, 4) is 0 Å². The van der Waals surface area contributed by atoms with Crippen LogP contribution in [0.25, 0.3) is 12.7 Å². The van der Waals surface area contributed by atoms with Crippen molar-refractivity contribution < 1.29 is 0 Å². The molecular weight excluding hydrogens is 134 g/mol. The molecule has 1 rings (SSSR count). The minimum Gasteiger partial charge on any atom is -0.261 e. The first-order valence-electron chi connectivity index (χ1n) is 3.48. The first kappa shape index (κ1) is 7.73. The molecule has 0 aliphatic carbocycles. The molecule has 0 N–H and O–H groups in total. The summed E-state index contributed by atoms with van der Waals surface area (Å²) in [7, 11) is 0. The Hall–Kier alpha value is -1.37. The number of pyridine rings is 1. The van der Waals surface area contributed by atoms with E-state index in [1.807, 2.05) is 19.1 Å². The molecule has 1 heteroatoms. The molecule has 0 saturated carbocycles. The molecule has 0 aromatic carbocycles. The zero-order chi connectivity index (χ0) is 8.27. The zero-order valence-electron chi connectivity index (χ0n) is 6.67. The summed E-state index contributed by atoms with van der Waals surface area (Å²) in [5, 5.41) is 2.03. The van der Waals surface area contributed by atoms with E-state index < -0.39 is 0 Å². The Bertz CT molecular complexity index is 363. The maximum absolute atomic E-state index is 4.10. The van der Waals surface area contributed by atoms with E-state index in [1.54, 1.807) is 12.3 Å². The molecule has 0 fully saturated rings. The van der Waals surface area contributed by atoms with Crippen molar-refractivity contribution in [2.75, 3.05) is 0 Å². The van der Waals surface area contributed by atoms with Crippen molar-refractivity contribution in [1.29, 1.82) is 0 Å². The van der Waals surface area contributed by atoms with Gasteiger partial charge in [-0.1, -0.05) is 25.3 Å². The van der Waals surface area contributed by atoms with Crippen LogP contribution in [-0.4, -0.2) is 4.98 Å². The number of rotatable bonds is 1. The SMILES string of the molecule is C=C/C=c1/cc(C)ncc1=C. The second-order valence-corrected chi connectivity index (χ2v) is 2.43. The van der Waals surface area contributed by atoms with Gasteiger partial charge in [0.2, 0.25) is 0 Å². The Morgan fingerprint density at radius 1 is 1.55 bits per heavy atom. The van der Waals surface area contributed by atoms with Crippen molar-refractivity contribution in [2.45, 2.75) is 6.92 Å². The normalized spacial score (nSPS) is 11.5. The van der Waals surface area contributed by atoms with Crippen LogP contribution in [0.15, 0.2) is 24.9 Å². The molecular formula is C10H11N. The van der Waals surface area contributed by atoms with Gasteiger partial charge in [0.1, 0.15) is 0 Å². The molecule has 0 aliphatic rings. The van der Waals surface area contributed by atoms with E-state index in [0.29, 0.717) is 0 Å². The third kappa shape index (κ3) is 1.77. The second kappa shape index (κ2) is 3.15. The number of allylic oxidation sites excluding steroid dienone is 1. The first-order valence-corrected chi connectivity index (χ1v) is 3.48. The van der Waals surface area contributed by atoms with E-state index in [1.165, 1.54) is 0 Å². The summed E-state index contributed by atoms with van der Waals surface area (Å²) in [4.78, 5) is 4.10. The summed E-state index contributed by atoms with van der Waals surface area (Å²) in [6.07, 6.45) is 5.45. The fraction of sp³-hybridized carbons (Fsp3) is 0.100. The van der Waals surface area contributed by atoms with Crippen molar-refractivity contribution in [3.05, 3.63) is 41.0 Å². The fourth-order valence-corrected chi connectivity index (χ4v) is 0.891.